The lowest BCUT2D eigenvalue weighted by Crippen LogP contribution is -2.53. The number of carbonyl (C=O) groups excluding carboxylic acids is 1. The monoisotopic (exact) mass is 442 g/mol. The van der Waals surface area contributed by atoms with E-state index in [0.717, 1.165) is 23.7 Å². The second kappa shape index (κ2) is 8.56. The van der Waals surface area contributed by atoms with Gasteiger partial charge in [-0.25, -0.2) is 0 Å². The van der Waals surface area contributed by atoms with E-state index in [0.29, 0.717) is 29.1 Å². The Morgan fingerprint density at radius 2 is 1.71 bits per heavy atom. The highest BCUT2D eigenvalue weighted by atomic mass is 19.4. The topological polar surface area (TPSA) is 26.3 Å². The van der Waals surface area contributed by atoms with Crippen molar-refractivity contribution in [3.63, 3.8) is 0 Å². The van der Waals surface area contributed by atoms with Gasteiger partial charge in [0, 0.05) is 6.42 Å². The van der Waals surface area contributed by atoms with Gasteiger partial charge in [-0.1, -0.05) is 33.6 Å². The van der Waals surface area contributed by atoms with Gasteiger partial charge in [-0.15, -0.1) is 0 Å². The molecule has 4 aliphatic rings. The summed E-state index contributed by atoms with van der Waals surface area (Å²) in [6.07, 6.45) is 9.93. The lowest BCUT2D eigenvalue weighted by atomic mass is 9.44. The molecular formula is C26H41F3O2. The molecular weight excluding hydrogens is 401 g/mol. The van der Waals surface area contributed by atoms with E-state index in [-0.39, 0.29) is 6.42 Å². The summed E-state index contributed by atoms with van der Waals surface area (Å²) in [6.45, 7) is 5.85. The van der Waals surface area contributed by atoms with E-state index >= 15 is 0 Å². The quantitative estimate of drug-likeness (QED) is 0.411. The van der Waals surface area contributed by atoms with E-state index in [1.807, 2.05) is 0 Å². The molecule has 0 aromatic heterocycles. The third kappa shape index (κ3) is 4.40. The predicted octanol–water partition coefficient (Wildman–Crippen LogP) is 7.56. The second-order valence-corrected chi connectivity index (χ2v) is 11.9. The van der Waals surface area contributed by atoms with Gasteiger partial charge in [-0.3, -0.25) is 4.79 Å². The van der Waals surface area contributed by atoms with Crippen molar-refractivity contribution >= 4 is 5.97 Å². The fourth-order valence-corrected chi connectivity index (χ4v) is 9.05. The lowest BCUT2D eigenvalue weighted by molar-refractivity contribution is -0.186. The van der Waals surface area contributed by atoms with Crippen LogP contribution in [0.4, 0.5) is 13.2 Å². The normalized spacial score (nSPS) is 43.5. The van der Waals surface area contributed by atoms with Crippen LogP contribution in [0.3, 0.4) is 0 Å². The maximum atomic E-state index is 12.3. The van der Waals surface area contributed by atoms with E-state index in [1.165, 1.54) is 64.2 Å². The molecule has 4 rings (SSSR count). The third-order valence-electron chi connectivity index (χ3n) is 10.5. The fraction of sp³-hybridized carbons (Fsp3) is 0.962. The molecule has 4 fully saturated rings. The number of ether oxygens (including phenoxy) is 1. The highest BCUT2D eigenvalue weighted by Gasteiger charge is 2.60. The Hall–Kier alpha value is -0.740. The van der Waals surface area contributed by atoms with Crippen molar-refractivity contribution in [1.82, 2.24) is 0 Å². The first-order valence-corrected chi connectivity index (χ1v) is 12.8. The van der Waals surface area contributed by atoms with Crippen LogP contribution < -0.4 is 0 Å². The molecule has 0 N–H and O–H groups in total. The van der Waals surface area contributed by atoms with Gasteiger partial charge in [0.15, 0.2) is 6.61 Å². The molecule has 4 aliphatic carbocycles. The van der Waals surface area contributed by atoms with E-state index in [4.69, 9.17) is 0 Å². The summed E-state index contributed by atoms with van der Waals surface area (Å²) in [6, 6.07) is 0. The first-order valence-electron chi connectivity index (χ1n) is 12.8. The Morgan fingerprint density at radius 3 is 2.45 bits per heavy atom. The molecule has 0 aromatic carbocycles. The number of esters is 1. The molecule has 0 saturated heterocycles. The van der Waals surface area contributed by atoms with Crippen LogP contribution in [0.25, 0.3) is 0 Å². The number of rotatable bonds is 5. The minimum atomic E-state index is -4.44. The van der Waals surface area contributed by atoms with Gasteiger partial charge < -0.3 is 4.74 Å². The van der Waals surface area contributed by atoms with Crippen molar-refractivity contribution in [1.29, 1.82) is 0 Å². The Labute approximate surface area is 186 Å². The average molecular weight is 443 g/mol. The van der Waals surface area contributed by atoms with E-state index in [2.05, 4.69) is 25.5 Å². The van der Waals surface area contributed by atoms with E-state index in [1.54, 1.807) is 0 Å². The number of halogens is 3. The van der Waals surface area contributed by atoms with Crippen LogP contribution in [0.15, 0.2) is 0 Å². The zero-order valence-electron chi connectivity index (χ0n) is 19.6. The summed E-state index contributed by atoms with van der Waals surface area (Å²) in [5.41, 5.74) is 0.878. The number of carbonyl (C=O) groups is 1. The van der Waals surface area contributed by atoms with Crippen LogP contribution in [0.1, 0.15) is 97.8 Å². The van der Waals surface area contributed by atoms with Crippen molar-refractivity contribution < 1.29 is 22.7 Å². The molecule has 0 amide bonds. The van der Waals surface area contributed by atoms with Crippen LogP contribution in [0.5, 0.6) is 0 Å². The smallest absolute Gasteiger partial charge is 0.422 e. The highest BCUT2D eigenvalue weighted by molar-refractivity contribution is 5.69. The first kappa shape index (κ1) is 23.4. The Balaban J connectivity index is 1.38. The largest absolute Gasteiger partial charge is 0.456 e. The van der Waals surface area contributed by atoms with Crippen LogP contribution in [-0.2, 0) is 9.53 Å². The molecule has 5 heteroatoms. The minimum absolute atomic E-state index is 0.0975. The average Bonchev–Trinajstić information content (AvgIpc) is 3.06. The number of hydrogen-bond donors (Lipinski definition) is 0. The molecule has 4 saturated carbocycles. The molecule has 0 bridgehead atoms. The molecule has 0 radical (unpaired) electrons. The zero-order chi connectivity index (χ0) is 22.4. The Kier molecular flexibility index (Phi) is 6.46. The lowest BCUT2D eigenvalue weighted by Gasteiger charge is -2.61. The van der Waals surface area contributed by atoms with Gasteiger partial charge >= 0.3 is 12.1 Å². The molecule has 0 aliphatic heterocycles. The SMILES string of the molecule is C[C@H](CCC(=O)OCC(F)(F)F)[C@H]1CC[C@H]2[C@@H]3CCC4CCCC[C@]4(C)[C@H]3CC[C@]12C. The van der Waals surface area contributed by atoms with Gasteiger partial charge in [-0.2, -0.15) is 13.2 Å². The van der Waals surface area contributed by atoms with E-state index < -0.39 is 18.8 Å². The maximum Gasteiger partial charge on any atom is 0.422 e. The van der Waals surface area contributed by atoms with Crippen molar-refractivity contribution in [2.24, 2.45) is 46.3 Å². The molecule has 0 aromatic rings. The standard InChI is InChI=1S/C26H41F3O2/c1-17(7-12-23(30)31-16-26(27,28)29)20-10-11-21-19-9-8-18-6-4-5-14-24(18,2)22(19)13-15-25(20,21)3/h17-22H,4-16H2,1-3H3/t17-,18?,19+,20-,21+,22+,24+,25-/m1/s1. The van der Waals surface area contributed by atoms with Gasteiger partial charge in [0.1, 0.15) is 0 Å². The number of fused-ring (bicyclic) bond motifs is 5. The van der Waals surface area contributed by atoms with Crippen LogP contribution in [0.2, 0.25) is 0 Å². The van der Waals surface area contributed by atoms with Crippen molar-refractivity contribution in [2.45, 2.75) is 104 Å². The fourth-order valence-electron chi connectivity index (χ4n) is 9.05. The predicted molar refractivity (Wildman–Crippen MR) is 115 cm³/mol. The van der Waals surface area contributed by atoms with Crippen LogP contribution in [0, 0.1) is 46.3 Å². The number of hydrogen-bond acceptors (Lipinski definition) is 2. The Morgan fingerprint density at radius 1 is 0.968 bits per heavy atom. The highest BCUT2D eigenvalue weighted by Crippen LogP contribution is 2.68. The molecule has 2 nitrogen and oxygen atoms in total. The zero-order valence-corrected chi connectivity index (χ0v) is 19.6. The van der Waals surface area contributed by atoms with Crippen LogP contribution >= 0.6 is 0 Å². The summed E-state index contributed by atoms with van der Waals surface area (Å²) in [7, 11) is 0. The van der Waals surface area contributed by atoms with Gasteiger partial charge in [0.05, 0.1) is 0 Å². The summed E-state index contributed by atoms with van der Waals surface area (Å²) in [4.78, 5) is 11.8. The van der Waals surface area contributed by atoms with Crippen molar-refractivity contribution in [3.05, 3.63) is 0 Å². The van der Waals surface area contributed by atoms with Gasteiger partial charge in [0.25, 0.3) is 0 Å². The molecule has 1 unspecified atom stereocenters. The Bertz CT molecular complexity index is 662. The first-order chi connectivity index (χ1) is 14.5. The summed E-state index contributed by atoms with van der Waals surface area (Å²) >= 11 is 0. The minimum Gasteiger partial charge on any atom is -0.456 e. The molecule has 31 heavy (non-hydrogen) atoms. The van der Waals surface area contributed by atoms with Crippen LogP contribution in [-0.4, -0.2) is 18.8 Å². The summed E-state index contributed by atoms with van der Waals surface area (Å²) < 4.78 is 41.3. The van der Waals surface area contributed by atoms with Crippen molar-refractivity contribution in [3.8, 4) is 0 Å². The third-order valence-corrected chi connectivity index (χ3v) is 10.5. The second-order valence-electron chi connectivity index (χ2n) is 11.9. The molecule has 178 valence electrons. The summed E-state index contributed by atoms with van der Waals surface area (Å²) in [5.74, 6) is 3.68. The molecule has 0 heterocycles. The van der Waals surface area contributed by atoms with Crippen molar-refractivity contribution in [2.75, 3.05) is 6.61 Å². The number of alkyl halides is 3. The summed E-state index contributed by atoms with van der Waals surface area (Å²) in [5, 5.41) is 0. The molecule has 0 spiro atoms. The molecule has 8 atom stereocenters. The maximum absolute atomic E-state index is 12.3. The van der Waals surface area contributed by atoms with E-state index in [9.17, 15) is 18.0 Å². The van der Waals surface area contributed by atoms with Gasteiger partial charge in [0.2, 0.25) is 0 Å². The van der Waals surface area contributed by atoms with Gasteiger partial charge in [-0.05, 0) is 104 Å².